The van der Waals surface area contributed by atoms with Crippen LogP contribution >= 0.6 is 15.9 Å². The van der Waals surface area contributed by atoms with Gasteiger partial charge in [0.25, 0.3) is 0 Å². The van der Waals surface area contributed by atoms with Crippen molar-refractivity contribution in [2.75, 3.05) is 6.26 Å². The Morgan fingerprint density at radius 3 is 2.57 bits per heavy atom. The Hall–Kier alpha value is -0.350. The second-order valence-electron chi connectivity index (χ2n) is 3.47. The summed E-state index contributed by atoms with van der Waals surface area (Å²) in [6, 6.07) is 7.72. The molecule has 1 atom stereocenters. The highest BCUT2D eigenvalue weighted by atomic mass is 79.9. The van der Waals surface area contributed by atoms with Crippen molar-refractivity contribution in [1.29, 1.82) is 0 Å². The molecule has 0 aliphatic rings. The lowest BCUT2D eigenvalue weighted by atomic mass is 10.1. The van der Waals surface area contributed by atoms with Crippen molar-refractivity contribution in [3.8, 4) is 0 Å². The van der Waals surface area contributed by atoms with Crippen LogP contribution in [0.4, 0.5) is 0 Å². The summed E-state index contributed by atoms with van der Waals surface area (Å²) in [6.45, 7) is 1.73. The first-order valence-electron chi connectivity index (χ1n) is 4.33. The van der Waals surface area contributed by atoms with Crippen molar-refractivity contribution < 1.29 is 8.42 Å². The average Bonchev–Trinajstić information content (AvgIpc) is 2.02. The van der Waals surface area contributed by atoms with E-state index in [1.165, 1.54) is 6.26 Å². The lowest BCUT2D eigenvalue weighted by molar-refractivity contribution is 0.588. The van der Waals surface area contributed by atoms with Gasteiger partial charge in [-0.15, -0.1) is 0 Å². The Labute approximate surface area is 93.4 Å². The molecule has 0 saturated carbocycles. The number of benzene rings is 1. The van der Waals surface area contributed by atoms with Crippen molar-refractivity contribution in [3.63, 3.8) is 0 Å². The predicted molar refractivity (Wildman–Crippen MR) is 62.2 cm³/mol. The number of halogens is 1. The van der Waals surface area contributed by atoms with Gasteiger partial charge in [0.05, 0.1) is 5.25 Å². The third kappa shape index (κ3) is 3.42. The molecule has 0 spiro atoms. The van der Waals surface area contributed by atoms with Gasteiger partial charge in [0.2, 0.25) is 0 Å². The second-order valence-corrected chi connectivity index (χ2v) is 6.85. The molecule has 0 aromatic heterocycles. The third-order valence-corrected chi connectivity index (χ3v) is 4.26. The molecule has 0 fully saturated rings. The Morgan fingerprint density at radius 2 is 2.07 bits per heavy atom. The Morgan fingerprint density at radius 1 is 1.43 bits per heavy atom. The number of hydrogen-bond acceptors (Lipinski definition) is 2. The van der Waals surface area contributed by atoms with Crippen LogP contribution in [-0.2, 0) is 16.3 Å². The van der Waals surface area contributed by atoms with E-state index in [9.17, 15) is 8.42 Å². The zero-order chi connectivity index (χ0) is 10.8. The standard InChI is InChI=1S/C10H13BrO2S/c1-8(14(2,12)13)6-9-4-3-5-10(11)7-9/h3-5,7-8H,6H2,1-2H3. The Bertz CT molecular complexity index is 412. The second kappa shape index (κ2) is 4.45. The van der Waals surface area contributed by atoms with Gasteiger partial charge in [-0.05, 0) is 31.0 Å². The summed E-state index contributed by atoms with van der Waals surface area (Å²) in [6.07, 6.45) is 1.84. The van der Waals surface area contributed by atoms with E-state index in [4.69, 9.17) is 0 Å². The van der Waals surface area contributed by atoms with E-state index in [2.05, 4.69) is 15.9 Å². The van der Waals surface area contributed by atoms with Crippen molar-refractivity contribution in [2.24, 2.45) is 0 Å². The van der Waals surface area contributed by atoms with Gasteiger partial charge in [-0.3, -0.25) is 0 Å². The summed E-state index contributed by atoms with van der Waals surface area (Å²) in [7, 11) is -2.93. The molecule has 1 aromatic rings. The number of rotatable bonds is 3. The molecule has 0 aliphatic heterocycles. The molecule has 78 valence electrons. The van der Waals surface area contributed by atoms with Crippen LogP contribution in [0.15, 0.2) is 28.7 Å². The maximum Gasteiger partial charge on any atom is 0.150 e. The molecule has 0 N–H and O–H groups in total. The van der Waals surface area contributed by atoms with Crippen LogP contribution < -0.4 is 0 Å². The molecule has 0 bridgehead atoms. The zero-order valence-electron chi connectivity index (χ0n) is 8.20. The average molecular weight is 277 g/mol. The summed E-state index contributed by atoms with van der Waals surface area (Å²) in [5, 5.41) is -0.322. The minimum Gasteiger partial charge on any atom is -0.229 e. The van der Waals surface area contributed by atoms with E-state index < -0.39 is 9.84 Å². The molecule has 1 rings (SSSR count). The quantitative estimate of drug-likeness (QED) is 0.850. The fourth-order valence-electron chi connectivity index (χ4n) is 1.15. The van der Waals surface area contributed by atoms with E-state index in [1.807, 2.05) is 24.3 Å². The predicted octanol–water partition coefficient (Wildman–Crippen LogP) is 2.42. The number of hydrogen-bond donors (Lipinski definition) is 0. The van der Waals surface area contributed by atoms with Crippen LogP contribution in [0.1, 0.15) is 12.5 Å². The first kappa shape index (κ1) is 11.7. The maximum absolute atomic E-state index is 11.2. The molecule has 14 heavy (non-hydrogen) atoms. The molecule has 0 aliphatic carbocycles. The zero-order valence-corrected chi connectivity index (χ0v) is 10.6. The summed E-state index contributed by atoms with van der Waals surface area (Å²) >= 11 is 3.35. The van der Waals surface area contributed by atoms with Crippen LogP contribution in [0.25, 0.3) is 0 Å². The van der Waals surface area contributed by atoms with Crippen LogP contribution in [0.5, 0.6) is 0 Å². The van der Waals surface area contributed by atoms with Gasteiger partial charge >= 0.3 is 0 Å². The molecule has 1 aromatic carbocycles. The molecular formula is C10H13BrO2S. The van der Waals surface area contributed by atoms with E-state index in [0.29, 0.717) is 6.42 Å². The van der Waals surface area contributed by atoms with E-state index in [0.717, 1.165) is 10.0 Å². The van der Waals surface area contributed by atoms with E-state index >= 15 is 0 Å². The number of sulfone groups is 1. The van der Waals surface area contributed by atoms with Gasteiger partial charge in [0.15, 0.2) is 0 Å². The van der Waals surface area contributed by atoms with Crippen LogP contribution in [0.2, 0.25) is 0 Å². The summed E-state index contributed by atoms with van der Waals surface area (Å²) in [5.74, 6) is 0. The minimum atomic E-state index is -2.93. The van der Waals surface area contributed by atoms with Gasteiger partial charge in [-0.1, -0.05) is 28.1 Å². The highest BCUT2D eigenvalue weighted by Crippen LogP contribution is 2.15. The summed E-state index contributed by atoms with van der Waals surface area (Å²) in [4.78, 5) is 0. The molecule has 0 heterocycles. The molecule has 2 nitrogen and oxygen atoms in total. The van der Waals surface area contributed by atoms with Crippen molar-refractivity contribution in [1.82, 2.24) is 0 Å². The fraction of sp³-hybridized carbons (Fsp3) is 0.400. The highest BCUT2D eigenvalue weighted by Gasteiger charge is 2.14. The Balaban J connectivity index is 2.80. The summed E-state index contributed by atoms with van der Waals surface area (Å²) in [5.41, 5.74) is 1.04. The topological polar surface area (TPSA) is 34.1 Å². The van der Waals surface area contributed by atoms with Crippen LogP contribution in [0.3, 0.4) is 0 Å². The normalized spacial score (nSPS) is 13.9. The largest absolute Gasteiger partial charge is 0.229 e. The monoisotopic (exact) mass is 276 g/mol. The van der Waals surface area contributed by atoms with Gasteiger partial charge in [-0.2, -0.15) is 0 Å². The van der Waals surface area contributed by atoms with Gasteiger partial charge in [0, 0.05) is 10.7 Å². The molecule has 0 saturated heterocycles. The Kier molecular flexibility index (Phi) is 3.72. The third-order valence-electron chi connectivity index (χ3n) is 2.14. The molecular weight excluding hydrogens is 264 g/mol. The lowest BCUT2D eigenvalue weighted by Gasteiger charge is -2.09. The van der Waals surface area contributed by atoms with Crippen LogP contribution in [-0.4, -0.2) is 19.9 Å². The first-order chi connectivity index (χ1) is 6.39. The van der Waals surface area contributed by atoms with Crippen LogP contribution in [0, 0.1) is 0 Å². The van der Waals surface area contributed by atoms with Crippen molar-refractivity contribution in [2.45, 2.75) is 18.6 Å². The molecule has 1 unspecified atom stereocenters. The molecule has 0 amide bonds. The first-order valence-corrected chi connectivity index (χ1v) is 7.07. The minimum absolute atomic E-state index is 0.322. The van der Waals surface area contributed by atoms with Gasteiger partial charge in [0.1, 0.15) is 9.84 Å². The van der Waals surface area contributed by atoms with Gasteiger partial charge < -0.3 is 0 Å². The lowest BCUT2D eigenvalue weighted by Crippen LogP contribution is -2.18. The van der Waals surface area contributed by atoms with E-state index in [1.54, 1.807) is 6.92 Å². The summed E-state index contributed by atoms with van der Waals surface area (Å²) < 4.78 is 23.4. The highest BCUT2D eigenvalue weighted by molar-refractivity contribution is 9.10. The van der Waals surface area contributed by atoms with Crippen molar-refractivity contribution in [3.05, 3.63) is 34.3 Å². The molecule has 0 radical (unpaired) electrons. The molecule has 4 heteroatoms. The fourth-order valence-corrected chi connectivity index (χ4v) is 2.09. The van der Waals surface area contributed by atoms with Gasteiger partial charge in [-0.25, -0.2) is 8.42 Å². The maximum atomic E-state index is 11.2. The SMILES string of the molecule is CC(Cc1cccc(Br)c1)S(C)(=O)=O. The smallest absolute Gasteiger partial charge is 0.150 e. The van der Waals surface area contributed by atoms with E-state index in [-0.39, 0.29) is 5.25 Å². The van der Waals surface area contributed by atoms with Crippen molar-refractivity contribution >= 4 is 25.8 Å².